The number of carboxylic acid groups (broad SMARTS) is 1. The molecule has 1 fully saturated rings. The minimum Gasteiger partial charge on any atom is -0.480 e. The van der Waals surface area contributed by atoms with Crippen LogP contribution in [0.25, 0.3) is 0 Å². The molecule has 0 bridgehead atoms. The average Bonchev–Trinajstić information content (AvgIpc) is 3.90. The van der Waals surface area contributed by atoms with Crippen LogP contribution in [0.1, 0.15) is 47.2 Å². The fourth-order valence-corrected chi connectivity index (χ4v) is 5.28. The van der Waals surface area contributed by atoms with Crippen LogP contribution in [0.15, 0.2) is 66.7 Å². The summed E-state index contributed by atoms with van der Waals surface area (Å²) in [7, 11) is 0. The van der Waals surface area contributed by atoms with E-state index >= 15 is 0 Å². The number of hydrogen-bond acceptors (Lipinski definition) is 10. The summed E-state index contributed by atoms with van der Waals surface area (Å²) in [4.78, 5) is 61.2. The van der Waals surface area contributed by atoms with Gasteiger partial charge in [0.25, 0.3) is 11.8 Å². The molecule has 1 atom stereocenters. The van der Waals surface area contributed by atoms with Crippen LogP contribution in [-0.2, 0) is 26.3 Å². The number of benzene rings is 3. The molecule has 0 aliphatic heterocycles. The lowest BCUT2D eigenvalue weighted by Gasteiger charge is -2.19. The summed E-state index contributed by atoms with van der Waals surface area (Å²) in [6.07, 6.45) is -4.45. The summed E-state index contributed by atoms with van der Waals surface area (Å²) in [6.45, 7) is -1.97. The number of anilines is 3. The second-order valence-corrected chi connectivity index (χ2v) is 12.6. The zero-order valence-corrected chi connectivity index (χ0v) is 28.7. The van der Waals surface area contributed by atoms with E-state index in [-0.39, 0.29) is 42.4 Å². The van der Waals surface area contributed by atoms with Gasteiger partial charge in [-0.25, -0.2) is 13.6 Å². The Morgan fingerprint density at radius 3 is 2.17 bits per heavy atom. The first-order chi connectivity index (χ1) is 25.6. The molecule has 5 rings (SSSR count). The summed E-state index contributed by atoms with van der Waals surface area (Å²) in [5.74, 6) is -6.24. The highest BCUT2D eigenvalue weighted by atomic mass is 35.5. The molecule has 4 aromatic rings. The summed E-state index contributed by atoms with van der Waals surface area (Å²) >= 11 is 6.01. The van der Waals surface area contributed by atoms with E-state index in [0.717, 1.165) is 23.8 Å². The number of Topliss-reactive ketones (excluding diaryl/α,β-unsaturated/α-hetero) is 1. The number of carbonyl (C=O) groups is 4. The zero-order valence-electron chi connectivity index (χ0n) is 28.0. The number of alkyl halides is 3. The van der Waals surface area contributed by atoms with E-state index in [2.05, 4.69) is 36.2 Å². The Kier molecular flexibility index (Phi) is 12.3. The molecule has 3 aromatic carbocycles. The Morgan fingerprint density at radius 2 is 1.56 bits per heavy atom. The van der Waals surface area contributed by atoms with E-state index in [9.17, 15) is 46.2 Å². The van der Waals surface area contributed by atoms with Crippen LogP contribution in [0.3, 0.4) is 0 Å². The molecule has 13 nitrogen and oxygen atoms in total. The molecular formula is C35H31ClF5N7O6. The summed E-state index contributed by atoms with van der Waals surface area (Å²) in [6, 6.07) is 13.6. The van der Waals surface area contributed by atoms with E-state index in [1.54, 1.807) is 12.1 Å². The van der Waals surface area contributed by atoms with Crippen molar-refractivity contribution < 1.29 is 51.0 Å². The van der Waals surface area contributed by atoms with Crippen molar-refractivity contribution in [1.82, 2.24) is 25.6 Å². The Bertz CT molecular complexity index is 2000. The van der Waals surface area contributed by atoms with Gasteiger partial charge in [0.2, 0.25) is 17.7 Å². The molecule has 5 N–H and O–H groups in total. The number of halogens is 6. The van der Waals surface area contributed by atoms with E-state index in [1.165, 1.54) is 24.3 Å². The third-order valence-electron chi connectivity index (χ3n) is 8.12. The Labute approximate surface area is 308 Å². The molecule has 2 amide bonds. The Balaban J connectivity index is 1.17. The van der Waals surface area contributed by atoms with Crippen LogP contribution in [-0.4, -0.2) is 69.0 Å². The normalized spacial score (nSPS) is 13.7. The minimum absolute atomic E-state index is 0.0252. The topological polar surface area (TPSA) is 185 Å². The minimum atomic E-state index is -4.66. The first kappa shape index (κ1) is 39.3. The van der Waals surface area contributed by atoms with E-state index in [0.29, 0.717) is 23.6 Å². The molecule has 1 aliphatic carbocycles. The van der Waals surface area contributed by atoms with Crippen molar-refractivity contribution in [3.05, 3.63) is 100 Å². The van der Waals surface area contributed by atoms with Crippen molar-refractivity contribution in [2.75, 3.05) is 23.8 Å². The van der Waals surface area contributed by atoms with Gasteiger partial charge in [0.15, 0.2) is 6.61 Å². The molecule has 284 valence electrons. The lowest BCUT2D eigenvalue weighted by Crippen LogP contribution is -2.43. The average molecular weight is 776 g/mol. The number of carbonyl (C=O) groups excluding carboxylic acids is 3. The fourth-order valence-electron chi connectivity index (χ4n) is 5.16. The standard InChI is InChI=1S/C35H31ClF5N7O6/c36-21-8-6-20(7-9-21)34(15-16-34)48-32-45-31(46-33(47-32)54-18-35(39,40)41)43-22-10-4-19(5-11-22)28(50)44-26(30(52)53)14-17-42-29(51)27(49)13-12-23-24(37)2-1-3-25(23)38/h1-11,26H,12-18H2,(H,42,51)(H,44,50)(H,52,53)(H2,43,45,46,47,48)/t26-/m0/s1. The number of carboxylic acids is 1. The van der Waals surface area contributed by atoms with Crippen molar-refractivity contribution in [2.24, 2.45) is 0 Å². The summed E-state index contributed by atoms with van der Waals surface area (Å²) in [5, 5.41) is 20.7. The lowest BCUT2D eigenvalue weighted by atomic mass is 10.1. The molecule has 54 heavy (non-hydrogen) atoms. The fraction of sp³-hybridized carbons (Fsp3) is 0.286. The summed E-state index contributed by atoms with van der Waals surface area (Å²) < 4.78 is 71.1. The molecule has 0 unspecified atom stereocenters. The van der Waals surface area contributed by atoms with Gasteiger partial charge < -0.3 is 31.1 Å². The van der Waals surface area contributed by atoms with E-state index in [4.69, 9.17) is 16.3 Å². The maximum atomic E-state index is 13.8. The molecule has 1 saturated carbocycles. The number of amides is 2. The smallest absolute Gasteiger partial charge is 0.422 e. The zero-order chi connectivity index (χ0) is 39.0. The van der Waals surface area contributed by atoms with Crippen molar-refractivity contribution in [1.29, 1.82) is 0 Å². The van der Waals surface area contributed by atoms with Crippen LogP contribution in [0.2, 0.25) is 5.02 Å². The van der Waals surface area contributed by atoms with Gasteiger partial charge in [-0.3, -0.25) is 14.4 Å². The van der Waals surface area contributed by atoms with E-state index < -0.39 is 72.0 Å². The molecule has 0 saturated heterocycles. The number of nitrogens with one attached hydrogen (secondary N) is 4. The van der Waals surface area contributed by atoms with Gasteiger partial charge in [-0.15, -0.1) is 0 Å². The molecule has 1 heterocycles. The Morgan fingerprint density at radius 1 is 0.907 bits per heavy atom. The van der Waals surface area contributed by atoms with Gasteiger partial charge in [-0.2, -0.15) is 28.1 Å². The highest BCUT2D eigenvalue weighted by Gasteiger charge is 2.45. The quantitative estimate of drug-likeness (QED) is 0.0676. The Hall–Kier alpha value is -5.91. The van der Waals surface area contributed by atoms with Crippen LogP contribution in [0.5, 0.6) is 6.01 Å². The van der Waals surface area contributed by atoms with Crippen molar-refractivity contribution in [2.45, 2.75) is 49.9 Å². The number of ketones is 1. The van der Waals surface area contributed by atoms with Crippen LogP contribution in [0, 0.1) is 11.6 Å². The number of aromatic nitrogens is 3. The van der Waals surface area contributed by atoms with Crippen molar-refractivity contribution in [3.8, 4) is 6.01 Å². The van der Waals surface area contributed by atoms with Gasteiger partial charge in [0.05, 0.1) is 5.54 Å². The predicted molar refractivity (Wildman–Crippen MR) is 183 cm³/mol. The van der Waals surface area contributed by atoms with E-state index in [1.807, 2.05) is 12.1 Å². The second kappa shape index (κ2) is 16.8. The van der Waals surface area contributed by atoms with Crippen LogP contribution < -0.4 is 26.0 Å². The first-order valence-electron chi connectivity index (χ1n) is 16.3. The molecular weight excluding hydrogens is 745 g/mol. The van der Waals surface area contributed by atoms with Crippen LogP contribution >= 0.6 is 11.6 Å². The number of nitrogens with zero attached hydrogens (tertiary/aromatic N) is 3. The lowest BCUT2D eigenvalue weighted by molar-refractivity contribution is -0.154. The summed E-state index contributed by atoms with van der Waals surface area (Å²) in [5.41, 5.74) is 0.263. The molecule has 1 aliphatic rings. The SMILES string of the molecule is O=C(CCc1c(F)cccc1F)C(=O)NCC[C@H](NC(=O)c1ccc(Nc2nc(NC3(c4ccc(Cl)cc4)CC3)nc(OCC(F)(F)F)n2)cc1)C(=O)O. The van der Waals surface area contributed by atoms with Crippen molar-refractivity contribution >= 4 is 52.8 Å². The van der Waals surface area contributed by atoms with Gasteiger partial charge in [-0.05, 0) is 79.8 Å². The van der Waals surface area contributed by atoms with Crippen molar-refractivity contribution in [3.63, 3.8) is 0 Å². The van der Waals surface area contributed by atoms with Gasteiger partial charge in [0.1, 0.15) is 17.7 Å². The molecule has 0 spiro atoms. The molecule has 1 aromatic heterocycles. The highest BCUT2D eigenvalue weighted by molar-refractivity contribution is 6.36. The third-order valence-corrected chi connectivity index (χ3v) is 8.37. The number of hydrogen-bond donors (Lipinski definition) is 5. The molecule has 19 heteroatoms. The maximum Gasteiger partial charge on any atom is 0.422 e. The monoisotopic (exact) mass is 775 g/mol. The number of aliphatic carboxylic acids is 1. The van der Waals surface area contributed by atoms with Gasteiger partial charge in [0, 0.05) is 34.8 Å². The van der Waals surface area contributed by atoms with Gasteiger partial charge >= 0.3 is 18.2 Å². The van der Waals surface area contributed by atoms with Crippen LogP contribution in [0.4, 0.5) is 39.5 Å². The van der Waals surface area contributed by atoms with Gasteiger partial charge in [-0.1, -0.05) is 29.8 Å². The highest BCUT2D eigenvalue weighted by Crippen LogP contribution is 2.48. The third kappa shape index (κ3) is 10.8. The number of rotatable bonds is 17. The maximum absolute atomic E-state index is 13.8. The predicted octanol–water partition coefficient (Wildman–Crippen LogP) is 5.48. The number of ether oxygens (including phenoxy) is 1. The largest absolute Gasteiger partial charge is 0.480 e. The second-order valence-electron chi connectivity index (χ2n) is 12.1. The first-order valence-corrected chi connectivity index (χ1v) is 16.6. The molecule has 0 radical (unpaired) electrons.